The van der Waals surface area contributed by atoms with Gasteiger partial charge in [0.05, 0.1) is 11.2 Å². The molecule has 1 N–H and O–H groups in total. The lowest BCUT2D eigenvalue weighted by Gasteiger charge is -2.06. The molecule has 0 fully saturated rings. The van der Waals surface area contributed by atoms with Gasteiger partial charge in [0.15, 0.2) is 5.16 Å². The largest absolute Gasteiger partial charge is 0.300 e. The van der Waals surface area contributed by atoms with Crippen LogP contribution in [-0.2, 0) is 0 Å². The molecule has 22 heavy (non-hydrogen) atoms. The van der Waals surface area contributed by atoms with E-state index < -0.39 is 5.56 Å². The van der Waals surface area contributed by atoms with Crippen LogP contribution in [0.25, 0.3) is 22.2 Å². The molecule has 1 aromatic carbocycles. The Hall–Kier alpha value is -2.43. The summed E-state index contributed by atoms with van der Waals surface area (Å²) in [7, 11) is 0. The van der Waals surface area contributed by atoms with E-state index in [2.05, 4.69) is 19.9 Å². The van der Waals surface area contributed by atoms with E-state index in [1.54, 1.807) is 24.5 Å². The topological polar surface area (TPSA) is 95.3 Å². The summed E-state index contributed by atoms with van der Waals surface area (Å²) in [6.07, 6.45) is 3.17. The van der Waals surface area contributed by atoms with Gasteiger partial charge in [-0.3, -0.25) is 4.79 Å². The zero-order valence-electron chi connectivity index (χ0n) is 11.3. The Morgan fingerprint density at radius 3 is 2.91 bits per heavy atom. The number of aromatic amines is 1. The van der Waals surface area contributed by atoms with Gasteiger partial charge in [-0.15, -0.1) is 0 Å². The second-order valence-electron chi connectivity index (χ2n) is 4.31. The van der Waals surface area contributed by atoms with E-state index in [0.29, 0.717) is 32.5 Å². The third-order valence-corrected chi connectivity index (χ3v) is 3.94. The van der Waals surface area contributed by atoms with Crippen LogP contribution in [0.15, 0.2) is 34.5 Å². The number of nitriles is 1. The number of H-pyrrole nitrogens is 1. The number of nitrogens with one attached hydrogen (secondary N) is 1. The highest BCUT2D eigenvalue weighted by Crippen LogP contribution is 2.27. The number of thioether (sulfide) groups is 1. The first kappa shape index (κ1) is 14.5. The fourth-order valence-electron chi connectivity index (χ4n) is 2.03. The summed E-state index contributed by atoms with van der Waals surface area (Å²) < 4.78 is 0. The molecular formula is C14H8ClN5OS. The van der Waals surface area contributed by atoms with Crippen molar-refractivity contribution >= 4 is 34.3 Å². The first-order chi connectivity index (χ1) is 10.6. The molecule has 0 saturated carbocycles. The van der Waals surface area contributed by atoms with Crippen LogP contribution in [0.5, 0.6) is 0 Å². The molecule has 2 aromatic heterocycles. The van der Waals surface area contributed by atoms with Crippen molar-refractivity contribution < 1.29 is 0 Å². The van der Waals surface area contributed by atoms with E-state index in [9.17, 15) is 10.1 Å². The average molecular weight is 330 g/mol. The summed E-state index contributed by atoms with van der Waals surface area (Å²) in [6, 6.07) is 7.12. The lowest BCUT2D eigenvalue weighted by atomic mass is 10.1. The third kappa shape index (κ3) is 2.43. The van der Waals surface area contributed by atoms with Crippen LogP contribution < -0.4 is 5.56 Å². The van der Waals surface area contributed by atoms with Gasteiger partial charge < -0.3 is 4.98 Å². The summed E-state index contributed by atoms with van der Waals surface area (Å²) >= 11 is 7.36. The van der Waals surface area contributed by atoms with Crippen LogP contribution in [0.3, 0.4) is 0 Å². The van der Waals surface area contributed by atoms with Gasteiger partial charge in [0.1, 0.15) is 23.1 Å². The minimum absolute atomic E-state index is 0.0369. The van der Waals surface area contributed by atoms with Gasteiger partial charge in [0, 0.05) is 10.9 Å². The highest BCUT2D eigenvalue weighted by molar-refractivity contribution is 7.98. The number of aromatic nitrogens is 4. The van der Waals surface area contributed by atoms with Crippen LogP contribution >= 0.6 is 23.4 Å². The molecule has 0 aliphatic rings. The summed E-state index contributed by atoms with van der Waals surface area (Å²) in [4.78, 5) is 26.9. The van der Waals surface area contributed by atoms with Crippen molar-refractivity contribution in [2.75, 3.05) is 6.26 Å². The van der Waals surface area contributed by atoms with Crippen LogP contribution in [0, 0.1) is 11.3 Å². The van der Waals surface area contributed by atoms with Gasteiger partial charge in [-0.25, -0.2) is 15.0 Å². The Kier molecular flexibility index (Phi) is 3.79. The van der Waals surface area contributed by atoms with Gasteiger partial charge in [-0.2, -0.15) is 5.26 Å². The van der Waals surface area contributed by atoms with Crippen molar-refractivity contribution in [2.45, 2.75) is 5.16 Å². The average Bonchev–Trinajstić information content (AvgIpc) is 2.54. The first-order valence-corrected chi connectivity index (χ1v) is 7.73. The highest BCUT2D eigenvalue weighted by Gasteiger charge is 2.14. The summed E-state index contributed by atoms with van der Waals surface area (Å²) in [5.74, 6) is 0. The fraction of sp³-hybridized carbons (Fsp3) is 0.0714. The zero-order valence-corrected chi connectivity index (χ0v) is 12.9. The molecule has 6 nitrogen and oxygen atoms in total. The number of fused-ring (bicyclic) bond motifs is 1. The Balaban J connectivity index is 2.32. The van der Waals surface area contributed by atoms with E-state index in [1.807, 2.05) is 6.07 Å². The number of nitrogens with zero attached hydrogens (tertiary/aromatic N) is 4. The van der Waals surface area contributed by atoms with Crippen molar-refractivity contribution in [1.82, 2.24) is 19.9 Å². The number of hydrogen-bond acceptors (Lipinski definition) is 6. The lowest BCUT2D eigenvalue weighted by molar-refractivity contribution is 0.938. The van der Waals surface area contributed by atoms with E-state index in [1.165, 1.54) is 18.1 Å². The number of hydrogen-bond donors (Lipinski definition) is 1. The predicted octanol–water partition coefficient (Wildman–Crippen LogP) is 2.63. The molecule has 0 unspecified atom stereocenters. The van der Waals surface area contributed by atoms with E-state index in [0.717, 1.165) is 0 Å². The molecule has 3 aromatic rings. The van der Waals surface area contributed by atoms with Crippen LogP contribution in [0.4, 0.5) is 0 Å². The molecule has 0 aliphatic heterocycles. The Morgan fingerprint density at radius 2 is 2.18 bits per heavy atom. The van der Waals surface area contributed by atoms with E-state index in [4.69, 9.17) is 11.6 Å². The van der Waals surface area contributed by atoms with E-state index >= 15 is 0 Å². The molecule has 3 rings (SSSR count). The Bertz CT molecular complexity index is 979. The maximum atomic E-state index is 12.0. The molecular weight excluding hydrogens is 322 g/mol. The maximum absolute atomic E-state index is 12.0. The second kappa shape index (κ2) is 5.75. The normalized spacial score (nSPS) is 10.6. The molecule has 2 heterocycles. The van der Waals surface area contributed by atoms with Gasteiger partial charge >= 0.3 is 0 Å². The van der Waals surface area contributed by atoms with Gasteiger partial charge in [0.2, 0.25) is 0 Å². The van der Waals surface area contributed by atoms with E-state index in [-0.39, 0.29) is 5.56 Å². The molecule has 8 heteroatoms. The first-order valence-electron chi connectivity index (χ1n) is 6.13. The SMILES string of the molecule is CSc1nc(-c2ccc3ncnc(Cl)c3c2)c(C#N)c(=O)[nH]1. The standard InChI is InChI=1S/C14H8ClN5OS/c1-22-14-19-11(9(5-16)13(21)20-14)7-2-3-10-8(4-7)12(15)18-6-17-10/h2-4,6H,1H3,(H,19,20,21). The second-order valence-corrected chi connectivity index (χ2v) is 5.46. The quantitative estimate of drug-likeness (QED) is 0.441. The van der Waals surface area contributed by atoms with Crippen LogP contribution in [0.1, 0.15) is 5.56 Å². The zero-order chi connectivity index (χ0) is 15.7. The van der Waals surface area contributed by atoms with Crippen molar-refractivity contribution in [3.63, 3.8) is 0 Å². The summed E-state index contributed by atoms with van der Waals surface area (Å²) in [5, 5.41) is 10.6. The molecule has 0 bridgehead atoms. The van der Waals surface area contributed by atoms with Crippen molar-refractivity contribution in [1.29, 1.82) is 5.26 Å². The minimum Gasteiger partial charge on any atom is -0.300 e. The van der Waals surface area contributed by atoms with Crippen LogP contribution in [-0.4, -0.2) is 26.2 Å². The number of rotatable bonds is 2. The highest BCUT2D eigenvalue weighted by atomic mass is 35.5. The minimum atomic E-state index is -0.465. The van der Waals surface area contributed by atoms with Gasteiger partial charge in [-0.1, -0.05) is 29.4 Å². The monoisotopic (exact) mass is 329 g/mol. The third-order valence-electron chi connectivity index (χ3n) is 3.06. The van der Waals surface area contributed by atoms with Gasteiger partial charge in [-0.05, 0) is 18.4 Å². The Morgan fingerprint density at radius 1 is 1.36 bits per heavy atom. The summed E-state index contributed by atoms with van der Waals surface area (Å²) in [6.45, 7) is 0. The maximum Gasteiger partial charge on any atom is 0.270 e. The van der Waals surface area contributed by atoms with Crippen LogP contribution in [0.2, 0.25) is 5.15 Å². The molecule has 0 saturated heterocycles. The van der Waals surface area contributed by atoms with Crippen molar-refractivity contribution in [3.05, 3.63) is 45.6 Å². The van der Waals surface area contributed by atoms with Gasteiger partial charge in [0.25, 0.3) is 5.56 Å². The molecule has 0 radical (unpaired) electrons. The fourth-order valence-corrected chi connectivity index (χ4v) is 2.61. The molecule has 0 spiro atoms. The smallest absolute Gasteiger partial charge is 0.270 e. The summed E-state index contributed by atoms with van der Waals surface area (Å²) in [5.41, 5.74) is 1.11. The molecule has 0 atom stereocenters. The molecule has 0 aliphatic carbocycles. The number of benzene rings is 1. The van der Waals surface area contributed by atoms with Crippen molar-refractivity contribution in [3.8, 4) is 17.3 Å². The lowest BCUT2D eigenvalue weighted by Crippen LogP contribution is -2.14. The molecule has 0 amide bonds. The predicted molar refractivity (Wildman–Crippen MR) is 84.9 cm³/mol. The number of halogens is 1. The Labute approximate surface area is 134 Å². The molecule has 108 valence electrons. The van der Waals surface area contributed by atoms with Crippen molar-refractivity contribution in [2.24, 2.45) is 0 Å².